The largest absolute Gasteiger partial charge is 0.324 e. The molecule has 6 heteroatoms. The van der Waals surface area contributed by atoms with Crippen LogP contribution in [-0.4, -0.2) is 11.2 Å². The number of carbonyl (C=O) groups is 1. The molecular formula is C15H12Cl2FNOS. The van der Waals surface area contributed by atoms with Crippen molar-refractivity contribution < 1.29 is 9.18 Å². The number of rotatable bonds is 4. The standard InChI is InChI=1S/C15H12Cl2FNOS/c1-9(21-14-5-3-2-4-12(14)18)15(20)19-13-8-10(16)6-7-11(13)17/h2-9H,1H3,(H,19,20)/t9-/m1/s1. The summed E-state index contributed by atoms with van der Waals surface area (Å²) in [6, 6.07) is 11.1. The highest BCUT2D eigenvalue weighted by atomic mass is 35.5. The van der Waals surface area contributed by atoms with Gasteiger partial charge in [0.1, 0.15) is 5.82 Å². The molecular weight excluding hydrogens is 332 g/mol. The van der Waals surface area contributed by atoms with E-state index in [0.717, 1.165) is 11.8 Å². The summed E-state index contributed by atoms with van der Waals surface area (Å²) in [5.74, 6) is -0.615. The first kappa shape index (κ1) is 16.1. The lowest BCUT2D eigenvalue weighted by Crippen LogP contribution is -2.22. The maximum absolute atomic E-state index is 13.6. The van der Waals surface area contributed by atoms with Crippen LogP contribution in [0, 0.1) is 5.82 Å². The van der Waals surface area contributed by atoms with Crippen molar-refractivity contribution in [1.82, 2.24) is 0 Å². The van der Waals surface area contributed by atoms with Crippen molar-refractivity contribution in [3.8, 4) is 0 Å². The number of thioether (sulfide) groups is 1. The molecule has 0 spiro atoms. The third kappa shape index (κ3) is 4.37. The van der Waals surface area contributed by atoms with Gasteiger partial charge in [-0.05, 0) is 37.3 Å². The third-order valence-electron chi connectivity index (χ3n) is 2.70. The number of halogens is 3. The summed E-state index contributed by atoms with van der Waals surface area (Å²) >= 11 is 13.0. The molecule has 0 aliphatic heterocycles. The van der Waals surface area contributed by atoms with E-state index < -0.39 is 5.25 Å². The Bertz CT molecular complexity index is 666. The second kappa shape index (κ2) is 7.16. The van der Waals surface area contributed by atoms with Crippen LogP contribution >= 0.6 is 35.0 Å². The molecule has 0 bridgehead atoms. The summed E-state index contributed by atoms with van der Waals surface area (Å²) in [4.78, 5) is 12.6. The minimum absolute atomic E-state index is 0.271. The third-order valence-corrected chi connectivity index (χ3v) is 4.41. The molecule has 0 radical (unpaired) electrons. The van der Waals surface area contributed by atoms with Crippen molar-refractivity contribution in [3.05, 3.63) is 58.3 Å². The molecule has 0 saturated carbocycles. The fourth-order valence-corrected chi connectivity index (χ4v) is 2.83. The summed E-state index contributed by atoms with van der Waals surface area (Å²) in [5.41, 5.74) is 0.440. The van der Waals surface area contributed by atoms with E-state index in [4.69, 9.17) is 23.2 Å². The van der Waals surface area contributed by atoms with Crippen LogP contribution in [0.4, 0.5) is 10.1 Å². The molecule has 2 aromatic rings. The van der Waals surface area contributed by atoms with Crippen LogP contribution in [0.3, 0.4) is 0 Å². The molecule has 110 valence electrons. The maximum atomic E-state index is 13.6. The highest BCUT2D eigenvalue weighted by Gasteiger charge is 2.17. The molecule has 0 aromatic heterocycles. The smallest absolute Gasteiger partial charge is 0.237 e. The summed E-state index contributed by atoms with van der Waals surface area (Å²) < 4.78 is 13.6. The highest BCUT2D eigenvalue weighted by Crippen LogP contribution is 2.29. The maximum Gasteiger partial charge on any atom is 0.237 e. The Hall–Kier alpha value is -1.23. The first-order chi connectivity index (χ1) is 9.97. The van der Waals surface area contributed by atoms with Crippen molar-refractivity contribution >= 4 is 46.6 Å². The van der Waals surface area contributed by atoms with E-state index >= 15 is 0 Å². The lowest BCUT2D eigenvalue weighted by Gasteiger charge is -2.13. The van der Waals surface area contributed by atoms with Gasteiger partial charge in [-0.3, -0.25) is 4.79 Å². The molecule has 0 aliphatic rings. The molecule has 21 heavy (non-hydrogen) atoms. The Balaban J connectivity index is 2.06. The van der Waals surface area contributed by atoms with Crippen LogP contribution < -0.4 is 5.32 Å². The molecule has 1 N–H and O–H groups in total. The molecule has 0 fully saturated rings. The first-order valence-corrected chi connectivity index (χ1v) is 7.78. The Kier molecular flexibility index (Phi) is 5.51. The van der Waals surface area contributed by atoms with Crippen LogP contribution in [0.2, 0.25) is 10.0 Å². The van der Waals surface area contributed by atoms with E-state index in [1.807, 2.05) is 0 Å². The molecule has 2 rings (SSSR count). The van der Waals surface area contributed by atoms with E-state index in [-0.39, 0.29) is 11.7 Å². The topological polar surface area (TPSA) is 29.1 Å². The van der Waals surface area contributed by atoms with Gasteiger partial charge >= 0.3 is 0 Å². The second-order valence-electron chi connectivity index (χ2n) is 4.30. The quantitative estimate of drug-likeness (QED) is 0.768. The zero-order valence-corrected chi connectivity index (χ0v) is 13.4. The van der Waals surface area contributed by atoms with Gasteiger partial charge in [0.05, 0.1) is 16.0 Å². The van der Waals surface area contributed by atoms with Crippen LogP contribution in [-0.2, 0) is 4.79 Å². The number of hydrogen-bond donors (Lipinski definition) is 1. The predicted molar refractivity (Wildman–Crippen MR) is 86.8 cm³/mol. The highest BCUT2D eigenvalue weighted by molar-refractivity contribution is 8.00. The van der Waals surface area contributed by atoms with E-state index in [0.29, 0.717) is 20.6 Å². The molecule has 1 atom stereocenters. The molecule has 2 aromatic carbocycles. The zero-order valence-electron chi connectivity index (χ0n) is 11.1. The Morgan fingerprint density at radius 2 is 1.95 bits per heavy atom. The number of carbonyl (C=O) groups excluding carboxylic acids is 1. The van der Waals surface area contributed by atoms with Crippen molar-refractivity contribution in [2.45, 2.75) is 17.1 Å². The SMILES string of the molecule is C[C@@H](Sc1ccccc1F)C(=O)Nc1cc(Cl)ccc1Cl. The van der Waals surface area contributed by atoms with Gasteiger partial charge in [0, 0.05) is 9.92 Å². The zero-order chi connectivity index (χ0) is 15.4. The monoisotopic (exact) mass is 343 g/mol. The average Bonchev–Trinajstić information content (AvgIpc) is 2.45. The number of benzene rings is 2. The summed E-state index contributed by atoms with van der Waals surface area (Å²) in [7, 11) is 0. The van der Waals surface area contributed by atoms with Gasteiger partial charge in [-0.2, -0.15) is 0 Å². The van der Waals surface area contributed by atoms with Gasteiger partial charge in [0.15, 0.2) is 0 Å². The molecule has 0 unspecified atom stereocenters. The number of hydrogen-bond acceptors (Lipinski definition) is 2. The fourth-order valence-electron chi connectivity index (χ4n) is 1.61. The van der Waals surface area contributed by atoms with Gasteiger partial charge in [-0.1, -0.05) is 35.3 Å². The molecule has 0 heterocycles. The Morgan fingerprint density at radius 3 is 2.67 bits per heavy atom. The van der Waals surface area contributed by atoms with E-state index in [2.05, 4.69) is 5.32 Å². The molecule has 2 nitrogen and oxygen atoms in total. The summed E-state index contributed by atoms with van der Waals surface area (Å²) in [6.07, 6.45) is 0. The van der Waals surface area contributed by atoms with Gasteiger partial charge in [0.25, 0.3) is 0 Å². The minimum atomic E-state index is -0.475. The Morgan fingerprint density at radius 1 is 1.24 bits per heavy atom. The van der Waals surface area contributed by atoms with Gasteiger partial charge in [-0.15, -0.1) is 11.8 Å². The number of nitrogens with one attached hydrogen (secondary N) is 1. The lowest BCUT2D eigenvalue weighted by molar-refractivity contribution is -0.115. The predicted octanol–water partition coefficient (Wildman–Crippen LogP) is 5.25. The van der Waals surface area contributed by atoms with Crippen molar-refractivity contribution in [1.29, 1.82) is 0 Å². The van der Waals surface area contributed by atoms with Crippen LogP contribution in [0.15, 0.2) is 47.4 Å². The number of anilines is 1. The van der Waals surface area contributed by atoms with E-state index in [1.165, 1.54) is 6.07 Å². The van der Waals surface area contributed by atoms with Gasteiger partial charge in [0.2, 0.25) is 5.91 Å². The van der Waals surface area contributed by atoms with Gasteiger partial charge < -0.3 is 5.32 Å². The average molecular weight is 344 g/mol. The minimum Gasteiger partial charge on any atom is -0.324 e. The lowest BCUT2D eigenvalue weighted by atomic mass is 10.3. The molecule has 1 amide bonds. The van der Waals surface area contributed by atoms with Crippen molar-refractivity contribution in [2.75, 3.05) is 5.32 Å². The van der Waals surface area contributed by atoms with E-state index in [9.17, 15) is 9.18 Å². The molecule has 0 saturated heterocycles. The van der Waals surface area contributed by atoms with Crippen LogP contribution in [0.1, 0.15) is 6.92 Å². The molecule has 0 aliphatic carbocycles. The van der Waals surface area contributed by atoms with Gasteiger partial charge in [-0.25, -0.2) is 4.39 Å². The van der Waals surface area contributed by atoms with Crippen molar-refractivity contribution in [2.24, 2.45) is 0 Å². The van der Waals surface area contributed by atoms with Crippen LogP contribution in [0.25, 0.3) is 0 Å². The first-order valence-electron chi connectivity index (χ1n) is 6.14. The summed E-state index contributed by atoms with van der Waals surface area (Å²) in [6.45, 7) is 1.70. The normalized spacial score (nSPS) is 12.0. The van der Waals surface area contributed by atoms with Crippen LogP contribution in [0.5, 0.6) is 0 Å². The Labute approximate surface area is 136 Å². The summed E-state index contributed by atoms with van der Waals surface area (Å²) in [5, 5.41) is 3.09. The second-order valence-corrected chi connectivity index (χ2v) is 6.53. The van der Waals surface area contributed by atoms with E-state index in [1.54, 1.807) is 43.3 Å². The number of amides is 1. The van der Waals surface area contributed by atoms with Crippen molar-refractivity contribution in [3.63, 3.8) is 0 Å². The fraction of sp³-hybridized carbons (Fsp3) is 0.133.